The van der Waals surface area contributed by atoms with Crippen LogP contribution in [0.25, 0.3) is 21.9 Å². The van der Waals surface area contributed by atoms with Gasteiger partial charge in [0.25, 0.3) is 10.0 Å². The summed E-state index contributed by atoms with van der Waals surface area (Å²) in [5, 5.41) is 1.62. The molecule has 1 heterocycles. The second kappa shape index (κ2) is 6.51. The number of ether oxygens (including phenoxy) is 2. The molecule has 0 atom stereocenters. The van der Waals surface area contributed by atoms with Gasteiger partial charge >= 0.3 is 0 Å². The zero-order valence-corrected chi connectivity index (χ0v) is 15.5. The van der Waals surface area contributed by atoms with Crippen molar-refractivity contribution < 1.29 is 22.3 Å². The Bertz CT molecular complexity index is 1240. The van der Waals surface area contributed by atoms with Crippen molar-refractivity contribution in [2.75, 3.05) is 18.9 Å². The first-order chi connectivity index (χ1) is 13.0. The summed E-state index contributed by atoms with van der Waals surface area (Å²) in [4.78, 5) is 0.149. The fourth-order valence-corrected chi connectivity index (χ4v) is 4.06. The fourth-order valence-electron chi connectivity index (χ4n) is 2.99. The Morgan fingerprint density at radius 3 is 2.33 bits per heavy atom. The molecule has 138 valence electrons. The number of sulfonamides is 1. The Morgan fingerprint density at radius 2 is 1.56 bits per heavy atom. The SMILES string of the molecule is COc1ccc(NS(=O)(=O)c2ccc3oc4ccccc4c3c2)cc1OC. The summed E-state index contributed by atoms with van der Waals surface area (Å²) < 4.78 is 44.4. The lowest BCUT2D eigenvalue weighted by Crippen LogP contribution is -2.13. The molecule has 0 unspecified atom stereocenters. The van der Waals surface area contributed by atoms with Crippen molar-refractivity contribution in [1.82, 2.24) is 0 Å². The highest BCUT2D eigenvalue weighted by atomic mass is 32.2. The third-order valence-electron chi connectivity index (χ3n) is 4.29. The van der Waals surface area contributed by atoms with Crippen LogP contribution in [0.15, 0.2) is 70.0 Å². The highest BCUT2D eigenvalue weighted by Crippen LogP contribution is 2.33. The third kappa shape index (κ3) is 3.06. The van der Waals surface area contributed by atoms with E-state index < -0.39 is 10.0 Å². The number of hydrogen-bond acceptors (Lipinski definition) is 5. The maximum absolute atomic E-state index is 12.8. The van der Waals surface area contributed by atoms with E-state index in [-0.39, 0.29) is 4.90 Å². The minimum absolute atomic E-state index is 0.149. The Balaban J connectivity index is 1.74. The lowest BCUT2D eigenvalue weighted by Gasteiger charge is -2.12. The number of methoxy groups -OCH3 is 2. The van der Waals surface area contributed by atoms with Crippen molar-refractivity contribution in [3.63, 3.8) is 0 Å². The van der Waals surface area contributed by atoms with E-state index in [9.17, 15) is 8.42 Å². The average Bonchev–Trinajstić information content (AvgIpc) is 3.05. The molecule has 4 aromatic rings. The number of anilines is 1. The number of hydrogen-bond donors (Lipinski definition) is 1. The van der Waals surface area contributed by atoms with Gasteiger partial charge in [-0.3, -0.25) is 4.72 Å². The van der Waals surface area contributed by atoms with E-state index in [4.69, 9.17) is 13.9 Å². The van der Waals surface area contributed by atoms with Gasteiger partial charge in [0, 0.05) is 16.8 Å². The number of para-hydroxylation sites is 1. The largest absolute Gasteiger partial charge is 0.493 e. The summed E-state index contributed by atoms with van der Waals surface area (Å²) in [6.07, 6.45) is 0. The van der Waals surface area contributed by atoms with E-state index in [1.54, 1.807) is 30.3 Å². The fraction of sp³-hybridized carbons (Fsp3) is 0.100. The molecule has 6 nitrogen and oxygen atoms in total. The molecule has 27 heavy (non-hydrogen) atoms. The van der Waals surface area contributed by atoms with Crippen molar-refractivity contribution >= 4 is 37.6 Å². The van der Waals surface area contributed by atoms with Gasteiger partial charge in [-0.1, -0.05) is 18.2 Å². The van der Waals surface area contributed by atoms with Crippen molar-refractivity contribution in [1.29, 1.82) is 0 Å². The highest BCUT2D eigenvalue weighted by molar-refractivity contribution is 7.92. The molecular formula is C20H17NO5S. The number of benzene rings is 3. The van der Waals surface area contributed by atoms with Gasteiger partial charge in [0.15, 0.2) is 11.5 Å². The molecule has 0 amide bonds. The minimum atomic E-state index is -3.78. The minimum Gasteiger partial charge on any atom is -0.493 e. The van der Waals surface area contributed by atoms with Gasteiger partial charge < -0.3 is 13.9 Å². The molecule has 0 saturated heterocycles. The summed E-state index contributed by atoms with van der Waals surface area (Å²) >= 11 is 0. The molecule has 7 heteroatoms. The molecule has 4 rings (SSSR count). The molecule has 3 aromatic carbocycles. The monoisotopic (exact) mass is 383 g/mol. The Hall–Kier alpha value is -3.19. The van der Waals surface area contributed by atoms with E-state index in [0.29, 0.717) is 22.8 Å². The van der Waals surface area contributed by atoms with Crippen LogP contribution in [0.4, 0.5) is 5.69 Å². The van der Waals surface area contributed by atoms with Gasteiger partial charge in [-0.2, -0.15) is 0 Å². The maximum Gasteiger partial charge on any atom is 0.261 e. The first kappa shape index (κ1) is 17.2. The quantitative estimate of drug-likeness (QED) is 0.552. The zero-order chi connectivity index (χ0) is 19.0. The van der Waals surface area contributed by atoms with Crippen molar-refractivity contribution in [2.24, 2.45) is 0 Å². The predicted octanol–water partition coefficient (Wildman–Crippen LogP) is 4.40. The normalized spacial score (nSPS) is 11.6. The molecule has 0 bridgehead atoms. The van der Waals surface area contributed by atoms with E-state index in [0.717, 1.165) is 16.4 Å². The molecule has 1 N–H and O–H groups in total. The van der Waals surface area contributed by atoms with Crippen molar-refractivity contribution in [3.8, 4) is 11.5 Å². The first-order valence-corrected chi connectivity index (χ1v) is 9.66. The van der Waals surface area contributed by atoms with Gasteiger partial charge in [-0.05, 0) is 36.4 Å². The lowest BCUT2D eigenvalue weighted by molar-refractivity contribution is 0.355. The predicted molar refractivity (Wildman–Crippen MR) is 104 cm³/mol. The van der Waals surface area contributed by atoms with Gasteiger partial charge in [0.05, 0.1) is 24.8 Å². The third-order valence-corrected chi connectivity index (χ3v) is 5.67. The zero-order valence-electron chi connectivity index (χ0n) is 14.7. The van der Waals surface area contributed by atoms with E-state index in [1.165, 1.54) is 20.3 Å². The molecule has 0 aliphatic heterocycles. The Morgan fingerprint density at radius 1 is 0.815 bits per heavy atom. The maximum atomic E-state index is 12.8. The lowest BCUT2D eigenvalue weighted by atomic mass is 10.1. The molecule has 0 aliphatic rings. The molecule has 0 spiro atoms. The van der Waals surface area contributed by atoms with Crippen LogP contribution >= 0.6 is 0 Å². The van der Waals surface area contributed by atoms with E-state index in [1.807, 2.05) is 24.3 Å². The highest BCUT2D eigenvalue weighted by Gasteiger charge is 2.18. The summed E-state index contributed by atoms with van der Waals surface area (Å²) in [7, 11) is -0.770. The van der Waals surface area contributed by atoms with Crippen LogP contribution in [0.1, 0.15) is 0 Å². The molecule has 1 aromatic heterocycles. The van der Waals surface area contributed by atoms with Crippen molar-refractivity contribution in [3.05, 3.63) is 60.7 Å². The molecule has 0 saturated carbocycles. The van der Waals surface area contributed by atoms with E-state index in [2.05, 4.69) is 4.72 Å². The second-order valence-corrected chi connectivity index (χ2v) is 7.61. The summed E-state index contributed by atoms with van der Waals surface area (Å²) in [6.45, 7) is 0. The van der Waals surface area contributed by atoms with Crippen LogP contribution in [0.5, 0.6) is 11.5 Å². The summed E-state index contributed by atoms with van der Waals surface area (Å²) in [6, 6.07) is 17.2. The molecule has 0 radical (unpaired) electrons. The number of nitrogens with one attached hydrogen (secondary N) is 1. The van der Waals surface area contributed by atoms with Crippen LogP contribution in [-0.2, 0) is 10.0 Å². The number of furan rings is 1. The van der Waals surface area contributed by atoms with Gasteiger partial charge in [0.1, 0.15) is 11.2 Å². The van der Waals surface area contributed by atoms with Crippen LogP contribution in [0, 0.1) is 0 Å². The summed E-state index contributed by atoms with van der Waals surface area (Å²) in [5.41, 5.74) is 1.74. The van der Waals surface area contributed by atoms with Crippen LogP contribution in [0.2, 0.25) is 0 Å². The smallest absolute Gasteiger partial charge is 0.261 e. The van der Waals surface area contributed by atoms with Gasteiger partial charge in [0.2, 0.25) is 0 Å². The second-order valence-electron chi connectivity index (χ2n) is 5.93. The Labute approximate surface area is 156 Å². The average molecular weight is 383 g/mol. The molecular weight excluding hydrogens is 366 g/mol. The molecule has 0 fully saturated rings. The topological polar surface area (TPSA) is 77.8 Å². The van der Waals surface area contributed by atoms with Crippen LogP contribution < -0.4 is 14.2 Å². The van der Waals surface area contributed by atoms with Crippen LogP contribution in [-0.4, -0.2) is 22.6 Å². The van der Waals surface area contributed by atoms with E-state index >= 15 is 0 Å². The first-order valence-electron chi connectivity index (χ1n) is 8.18. The number of rotatable bonds is 5. The van der Waals surface area contributed by atoms with Gasteiger partial charge in [-0.25, -0.2) is 8.42 Å². The standard InChI is InChI=1S/C20H17NO5S/c1-24-19-9-7-13(11-20(19)25-2)21-27(22,23)14-8-10-18-16(12-14)15-5-3-4-6-17(15)26-18/h3-12,21H,1-2H3. The van der Waals surface area contributed by atoms with Crippen LogP contribution in [0.3, 0.4) is 0 Å². The van der Waals surface area contributed by atoms with Crippen molar-refractivity contribution in [2.45, 2.75) is 4.90 Å². The summed E-state index contributed by atoms with van der Waals surface area (Å²) in [5.74, 6) is 0.959. The van der Waals surface area contributed by atoms with Gasteiger partial charge in [-0.15, -0.1) is 0 Å². The number of fused-ring (bicyclic) bond motifs is 3. The molecule has 0 aliphatic carbocycles. The Kier molecular flexibility index (Phi) is 4.16.